The van der Waals surface area contributed by atoms with Crippen molar-refractivity contribution in [1.29, 1.82) is 0 Å². The summed E-state index contributed by atoms with van der Waals surface area (Å²) in [6.07, 6.45) is -6.45. The molecule has 0 spiro atoms. The summed E-state index contributed by atoms with van der Waals surface area (Å²) in [6.45, 7) is 10.3. The van der Waals surface area contributed by atoms with Crippen LogP contribution in [-0.4, -0.2) is 66.1 Å². The Morgan fingerprint density at radius 3 is 2.36 bits per heavy atom. The highest BCUT2D eigenvalue weighted by Crippen LogP contribution is 2.33. The third-order valence-electron chi connectivity index (χ3n) is 7.24. The predicted octanol–water partition coefficient (Wildman–Crippen LogP) is 4.78. The van der Waals surface area contributed by atoms with E-state index < -0.39 is 61.5 Å². The van der Waals surface area contributed by atoms with E-state index >= 15 is 0 Å². The highest BCUT2D eigenvalue weighted by Gasteiger charge is 2.39. The maximum absolute atomic E-state index is 13.8. The molecule has 1 saturated heterocycles. The molecule has 1 aliphatic rings. The van der Waals surface area contributed by atoms with Crippen LogP contribution in [0.4, 0.5) is 38.0 Å². The number of rotatable bonds is 13. The van der Waals surface area contributed by atoms with Crippen LogP contribution in [0.2, 0.25) is 25.7 Å². The number of carbonyl (C=O) groups is 1. The number of carbonyl (C=O) groups excluding carboxylic acids is 1. The molecule has 2 aromatic heterocycles. The minimum atomic E-state index is -4.96. The van der Waals surface area contributed by atoms with Crippen LogP contribution in [-0.2, 0) is 33.5 Å². The monoisotopic (exact) mass is 667 g/mol. The molecule has 45 heavy (non-hydrogen) atoms. The van der Waals surface area contributed by atoms with Crippen molar-refractivity contribution in [3.8, 4) is 0 Å². The summed E-state index contributed by atoms with van der Waals surface area (Å²) >= 11 is 0. The third kappa shape index (κ3) is 10.9. The van der Waals surface area contributed by atoms with E-state index in [-0.39, 0.29) is 30.8 Å². The zero-order chi connectivity index (χ0) is 33.6. The number of nitrogens with zero attached hydrogens (tertiary/aromatic N) is 5. The third-order valence-corrected chi connectivity index (χ3v) is 8.94. The van der Waals surface area contributed by atoms with Gasteiger partial charge in [0.25, 0.3) is 5.56 Å². The van der Waals surface area contributed by atoms with Gasteiger partial charge in [-0.15, -0.1) is 0 Å². The summed E-state index contributed by atoms with van der Waals surface area (Å²) in [5, 5.41) is 6.40. The van der Waals surface area contributed by atoms with E-state index in [1.807, 2.05) is 6.92 Å². The first-order chi connectivity index (χ1) is 20.8. The van der Waals surface area contributed by atoms with Crippen LogP contribution in [0, 0.1) is 11.8 Å². The van der Waals surface area contributed by atoms with Gasteiger partial charge >= 0.3 is 12.4 Å². The SMILES string of the molecule is CC1CN(c2ncc(C(F)(F)F)cn2)CCC1CC(=O)NOC[C@H](C)Nc1cnn(COCC[Si](C)(C)C)c(=O)c1C(F)(F)F. The van der Waals surface area contributed by atoms with Gasteiger partial charge in [-0.25, -0.2) is 20.1 Å². The molecule has 3 rings (SSSR count). The Hall–Kier alpha value is -3.25. The number of halogens is 6. The lowest BCUT2D eigenvalue weighted by atomic mass is 9.84. The quantitative estimate of drug-likeness (QED) is 0.134. The number of nitrogens with one attached hydrogen (secondary N) is 2. The molecule has 18 heteroatoms. The number of ether oxygens (including phenoxy) is 1. The van der Waals surface area contributed by atoms with Gasteiger partial charge in [0.1, 0.15) is 12.3 Å². The van der Waals surface area contributed by atoms with E-state index in [9.17, 15) is 35.9 Å². The molecule has 1 fully saturated rings. The summed E-state index contributed by atoms with van der Waals surface area (Å²) < 4.78 is 85.8. The van der Waals surface area contributed by atoms with Gasteiger partial charge in [-0.3, -0.25) is 14.4 Å². The van der Waals surface area contributed by atoms with Crippen molar-refractivity contribution in [2.75, 3.05) is 36.5 Å². The fourth-order valence-electron chi connectivity index (χ4n) is 4.64. The lowest BCUT2D eigenvalue weighted by Gasteiger charge is -2.36. The fourth-order valence-corrected chi connectivity index (χ4v) is 5.39. The zero-order valence-corrected chi connectivity index (χ0v) is 26.8. The fraction of sp³-hybridized carbons (Fsp3) is 0.667. The first-order valence-electron chi connectivity index (χ1n) is 14.4. The van der Waals surface area contributed by atoms with Crippen molar-refractivity contribution in [3.63, 3.8) is 0 Å². The minimum Gasteiger partial charge on any atom is -0.378 e. The van der Waals surface area contributed by atoms with Gasteiger partial charge in [0.15, 0.2) is 0 Å². The van der Waals surface area contributed by atoms with E-state index in [0.29, 0.717) is 30.8 Å². The molecule has 0 aromatic carbocycles. The zero-order valence-electron chi connectivity index (χ0n) is 25.8. The average molecular weight is 668 g/mol. The number of anilines is 2. The Bertz CT molecular complexity index is 1340. The molecular weight excluding hydrogens is 628 g/mol. The van der Waals surface area contributed by atoms with Crippen molar-refractivity contribution in [1.82, 2.24) is 25.2 Å². The van der Waals surface area contributed by atoms with Gasteiger partial charge in [0.05, 0.1) is 24.1 Å². The van der Waals surface area contributed by atoms with Crippen LogP contribution in [0.5, 0.6) is 0 Å². The number of piperidine rings is 1. The number of aromatic nitrogens is 4. The Kier molecular flexibility index (Phi) is 12.0. The lowest BCUT2D eigenvalue weighted by Crippen LogP contribution is -2.42. The smallest absolute Gasteiger partial charge is 0.378 e. The van der Waals surface area contributed by atoms with Crippen LogP contribution in [0.25, 0.3) is 0 Å². The number of hydrogen-bond acceptors (Lipinski definition) is 9. The molecule has 3 heterocycles. The normalized spacial score (nSPS) is 18.5. The number of amides is 1. The number of hydroxylamine groups is 1. The first-order valence-corrected chi connectivity index (χ1v) is 18.1. The van der Waals surface area contributed by atoms with Gasteiger partial charge in [-0.2, -0.15) is 31.4 Å². The maximum atomic E-state index is 13.8. The van der Waals surface area contributed by atoms with Gasteiger partial charge in [-0.05, 0) is 31.2 Å². The molecule has 0 radical (unpaired) electrons. The summed E-state index contributed by atoms with van der Waals surface area (Å²) in [5.74, 6) is -0.333. The van der Waals surface area contributed by atoms with Crippen molar-refractivity contribution >= 4 is 25.6 Å². The van der Waals surface area contributed by atoms with Gasteiger partial charge in [0, 0.05) is 52.6 Å². The summed E-state index contributed by atoms with van der Waals surface area (Å²) in [4.78, 5) is 39.7. The Balaban J connectivity index is 1.47. The average Bonchev–Trinajstić information content (AvgIpc) is 2.91. The Labute approximate surface area is 257 Å². The van der Waals surface area contributed by atoms with Crippen LogP contribution in [0.1, 0.15) is 37.8 Å². The topological polar surface area (TPSA) is 124 Å². The maximum Gasteiger partial charge on any atom is 0.423 e. The molecule has 0 bridgehead atoms. The van der Waals surface area contributed by atoms with E-state index in [4.69, 9.17) is 9.57 Å². The summed E-state index contributed by atoms with van der Waals surface area (Å²) in [6, 6.07) is 0.0311. The van der Waals surface area contributed by atoms with Crippen LogP contribution in [0.3, 0.4) is 0 Å². The molecule has 11 nitrogen and oxygen atoms in total. The molecule has 0 saturated carbocycles. The molecule has 2 aromatic rings. The second-order valence-corrected chi connectivity index (χ2v) is 18.0. The number of alkyl halides is 6. The standard InChI is InChI=1S/C27H39F6N7O4Si/c1-17-14-39(25-34-11-20(12-35-25)26(28,29)30)7-6-19(17)10-22(41)38-44-15-18(2)37-21-13-36-40(16-43-8-9-45(3,4)5)24(42)23(21)27(31,32)33/h11-13,17-19,37H,6-10,14-16H2,1-5H3,(H,38,41)/t17?,18-,19?/m0/s1. The van der Waals surface area contributed by atoms with E-state index in [1.165, 1.54) is 6.92 Å². The largest absolute Gasteiger partial charge is 0.423 e. The van der Waals surface area contributed by atoms with Gasteiger partial charge < -0.3 is 15.0 Å². The molecular formula is C27H39F6N7O4Si. The van der Waals surface area contributed by atoms with Crippen LogP contribution >= 0.6 is 0 Å². The number of hydrogen-bond donors (Lipinski definition) is 2. The molecule has 1 aliphatic heterocycles. The molecule has 252 valence electrons. The highest BCUT2D eigenvalue weighted by atomic mass is 28.3. The summed E-state index contributed by atoms with van der Waals surface area (Å²) in [7, 11) is -1.42. The predicted molar refractivity (Wildman–Crippen MR) is 156 cm³/mol. The molecule has 2 unspecified atom stereocenters. The van der Waals surface area contributed by atoms with E-state index in [0.717, 1.165) is 24.6 Å². The second kappa shape index (κ2) is 14.9. The van der Waals surface area contributed by atoms with Crippen LogP contribution < -0.4 is 21.3 Å². The Morgan fingerprint density at radius 2 is 1.78 bits per heavy atom. The first kappa shape index (κ1) is 36.2. The summed E-state index contributed by atoms with van der Waals surface area (Å²) in [5.41, 5.74) is -1.92. The molecule has 2 N–H and O–H groups in total. The van der Waals surface area contributed by atoms with Crippen LogP contribution in [0.15, 0.2) is 23.4 Å². The minimum absolute atomic E-state index is 0.0165. The van der Waals surface area contributed by atoms with E-state index in [2.05, 4.69) is 45.5 Å². The van der Waals surface area contributed by atoms with Crippen molar-refractivity contribution in [2.45, 2.75) is 77.5 Å². The van der Waals surface area contributed by atoms with Crippen molar-refractivity contribution in [3.05, 3.63) is 40.1 Å². The van der Waals surface area contributed by atoms with E-state index in [1.54, 1.807) is 4.90 Å². The van der Waals surface area contributed by atoms with Gasteiger partial charge in [-0.1, -0.05) is 26.6 Å². The highest BCUT2D eigenvalue weighted by molar-refractivity contribution is 6.76. The van der Waals surface area contributed by atoms with Crippen molar-refractivity contribution < 1.29 is 40.7 Å². The lowest BCUT2D eigenvalue weighted by molar-refractivity contribution is -0.139. The molecule has 3 atom stereocenters. The second-order valence-electron chi connectivity index (χ2n) is 12.4. The Morgan fingerprint density at radius 1 is 1.11 bits per heavy atom. The molecule has 1 amide bonds. The molecule has 0 aliphatic carbocycles. The van der Waals surface area contributed by atoms with Gasteiger partial charge in [0.2, 0.25) is 11.9 Å². The van der Waals surface area contributed by atoms with Crippen molar-refractivity contribution in [2.24, 2.45) is 11.8 Å².